The first-order valence-corrected chi connectivity index (χ1v) is 6.91. The van der Waals surface area contributed by atoms with Gasteiger partial charge in [0.1, 0.15) is 0 Å². The monoisotopic (exact) mass is 276 g/mol. The zero-order chi connectivity index (χ0) is 14.5. The van der Waals surface area contributed by atoms with Gasteiger partial charge in [0.05, 0.1) is 12.5 Å². The van der Waals surface area contributed by atoms with Crippen LogP contribution in [0.3, 0.4) is 0 Å². The predicted octanol–water partition coefficient (Wildman–Crippen LogP) is 1.49. The molecule has 1 amide bonds. The lowest BCUT2D eigenvalue weighted by molar-refractivity contribution is -0.136. The molecule has 1 saturated heterocycles. The van der Waals surface area contributed by atoms with Gasteiger partial charge in [0, 0.05) is 12.2 Å². The molecule has 1 aliphatic heterocycles. The summed E-state index contributed by atoms with van der Waals surface area (Å²) in [5.41, 5.74) is 0.750. The summed E-state index contributed by atoms with van der Waals surface area (Å²) in [7, 11) is 0. The van der Waals surface area contributed by atoms with Crippen molar-refractivity contribution in [2.24, 2.45) is 5.92 Å². The Bertz CT molecular complexity index is 475. The Kier molecular flexibility index (Phi) is 4.74. The molecule has 0 spiro atoms. The quantitative estimate of drug-likeness (QED) is 0.855. The molecule has 5 nitrogen and oxygen atoms in total. The lowest BCUT2D eigenvalue weighted by atomic mass is 10.0. The summed E-state index contributed by atoms with van der Waals surface area (Å²) in [6.45, 7) is 3.07. The van der Waals surface area contributed by atoms with E-state index in [1.165, 1.54) is 0 Å². The van der Waals surface area contributed by atoms with Crippen molar-refractivity contribution in [2.75, 3.05) is 18.0 Å². The molecule has 1 aromatic carbocycles. The van der Waals surface area contributed by atoms with E-state index in [0.717, 1.165) is 18.7 Å². The van der Waals surface area contributed by atoms with Crippen LogP contribution in [0.4, 0.5) is 5.69 Å². The standard InChI is InChI=1S/C15H20N2O3/c1-11-7-9-16-14(11)15(20)17(10-8-13(18)19)12-5-3-2-4-6-12/h2-6,11,14,16H,7-10H2,1H3,(H,18,19). The summed E-state index contributed by atoms with van der Waals surface area (Å²) < 4.78 is 0. The first-order chi connectivity index (χ1) is 9.59. The third-order valence-electron chi connectivity index (χ3n) is 3.68. The molecular formula is C15H20N2O3. The van der Waals surface area contributed by atoms with Crippen LogP contribution >= 0.6 is 0 Å². The highest BCUT2D eigenvalue weighted by molar-refractivity contribution is 5.98. The molecule has 20 heavy (non-hydrogen) atoms. The first kappa shape index (κ1) is 14.5. The highest BCUT2D eigenvalue weighted by Crippen LogP contribution is 2.21. The number of carbonyl (C=O) groups is 2. The number of anilines is 1. The van der Waals surface area contributed by atoms with E-state index in [2.05, 4.69) is 5.32 Å². The van der Waals surface area contributed by atoms with Crippen molar-refractivity contribution in [1.29, 1.82) is 0 Å². The Hall–Kier alpha value is -1.88. The number of nitrogens with one attached hydrogen (secondary N) is 1. The number of nitrogens with zero attached hydrogens (tertiary/aromatic N) is 1. The molecule has 1 aliphatic rings. The van der Waals surface area contributed by atoms with Gasteiger partial charge >= 0.3 is 5.97 Å². The fourth-order valence-electron chi connectivity index (χ4n) is 2.51. The number of aliphatic carboxylic acids is 1. The predicted molar refractivity (Wildman–Crippen MR) is 76.6 cm³/mol. The van der Waals surface area contributed by atoms with E-state index < -0.39 is 5.97 Å². The van der Waals surface area contributed by atoms with Crippen LogP contribution in [0.5, 0.6) is 0 Å². The van der Waals surface area contributed by atoms with Crippen molar-refractivity contribution in [3.63, 3.8) is 0 Å². The molecule has 0 aromatic heterocycles. The second kappa shape index (κ2) is 6.52. The van der Waals surface area contributed by atoms with Crippen molar-refractivity contribution >= 4 is 17.6 Å². The maximum atomic E-state index is 12.6. The van der Waals surface area contributed by atoms with Gasteiger partial charge in [-0.3, -0.25) is 9.59 Å². The number of carbonyl (C=O) groups excluding carboxylic acids is 1. The van der Waals surface area contributed by atoms with Gasteiger partial charge in [-0.15, -0.1) is 0 Å². The topological polar surface area (TPSA) is 69.6 Å². The number of carboxylic acid groups (broad SMARTS) is 1. The molecule has 0 radical (unpaired) electrons. The Labute approximate surface area is 118 Å². The molecule has 1 aromatic rings. The van der Waals surface area contributed by atoms with Crippen LogP contribution in [0, 0.1) is 5.92 Å². The number of hydrogen-bond acceptors (Lipinski definition) is 3. The summed E-state index contributed by atoms with van der Waals surface area (Å²) in [5.74, 6) is -0.660. The maximum absolute atomic E-state index is 12.6. The van der Waals surface area contributed by atoms with Gasteiger partial charge in [-0.2, -0.15) is 0 Å². The number of amides is 1. The largest absolute Gasteiger partial charge is 0.481 e. The minimum atomic E-state index is -0.897. The fourth-order valence-corrected chi connectivity index (χ4v) is 2.51. The van der Waals surface area contributed by atoms with E-state index in [-0.39, 0.29) is 30.8 Å². The number of benzene rings is 1. The lowest BCUT2D eigenvalue weighted by Gasteiger charge is -2.27. The zero-order valence-corrected chi connectivity index (χ0v) is 11.6. The molecular weight excluding hydrogens is 256 g/mol. The van der Waals surface area contributed by atoms with Gasteiger partial charge in [-0.05, 0) is 31.0 Å². The second-order valence-corrected chi connectivity index (χ2v) is 5.17. The SMILES string of the molecule is CC1CCNC1C(=O)N(CCC(=O)O)c1ccccc1. The molecule has 108 valence electrons. The van der Waals surface area contributed by atoms with Crippen LogP contribution in [0.2, 0.25) is 0 Å². The van der Waals surface area contributed by atoms with Crippen molar-refractivity contribution in [3.05, 3.63) is 30.3 Å². The van der Waals surface area contributed by atoms with E-state index in [9.17, 15) is 9.59 Å². The Balaban J connectivity index is 2.17. The van der Waals surface area contributed by atoms with Crippen LogP contribution in [0.15, 0.2) is 30.3 Å². The molecule has 2 N–H and O–H groups in total. The average Bonchev–Trinajstić information content (AvgIpc) is 2.86. The maximum Gasteiger partial charge on any atom is 0.305 e. The number of para-hydroxylation sites is 1. The van der Waals surface area contributed by atoms with Crippen LogP contribution in [0.25, 0.3) is 0 Å². The van der Waals surface area contributed by atoms with Crippen molar-refractivity contribution < 1.29 is 14.7 Å². The molecule has 2 rings (SSSR count). The van der Waals surface area contributed by atoms with Gasteiger partial charge < -0.3 is 15.3 Å². The third kappa shape index (κ3) is 3.36. The Morgan fingerprint density at radius 1 is 1.35 bits per heavy atom. The number of carboxylic acids is 1. The van der Waals surface area contributed by atoms with E-state index in [0.29, 0.717) is 0 Å². The van der Waals surface area contributed by atoms with E-state index in [4.69, 9.17) is 5.11 Å². The Morgan fingerprint density at radius 2 is 2.05 bits per heavy atom. The fraction of sp³-hybridized carbons (Fsp3) is 0.467. The van der Waals surface area contributed by atoms with Gasteiger partial charge in [0.25, 0.3) is 0 Å². The summed E-state index contributed by atoms with van der Waals surface area (Å²) in [6, 6.07) is 9.02. The molecule has 0 bridgehead atoms. The molecule has 1 fully saturated rings. The normalized spacial score (nSPS) is 21.6. The minimum Gasteiger partial charge on any atom is -0.481 e. The minimum absolute atomic E-state index is 0.0394. The second-order valence-electron chi connectivity index (χ2n) is 5.17. The van der Waals surface area contributed by atoms with Crippen LogP contribution in [-0.4, -0.2) is 36.1 Å². The zero-order valence-electron chi connectivity index (χ0n) is 11.6. The van der Waals surface area contributed by atoms with Gasteiger partial charge in [0.15, 0.2) is 0 Å². The molecule has 0 saturated carbocycles. The third-order valence-corrected chi connectivity index (χ3v) is 3.68. The highest BCUT2D eigenvalue weighted by Gasteiger charge is 2.33. The summed E-state index contributed by atoms with van der Waals surface area (Å²) in [6.07, 6.45) is 0.916. The molecule has 5 heteroatoms. The van der Waals surface area contributed by atoms with E-state index >= 15 is 0 Å². The molecule has 0 aliphatic carbocycles. The Morgan fingerprint density at radius 3 is 2.60 bits per heavy atom. The molecule has 2 atom stereocenters. The van der Waals surface area contributed by atoms with Crippen LogP contribution < -0.4 is 10.2 Å². The molecule has 2 unspecified atom stereocenters. The lowest BCUT2D eigenvalue weighted by Crippen LogP contribution is -2.46. The van der Waals surface area contributed by atoms with Gasteiger partial charge in [-0.1, -0.05) is 25.1 Å². The smallest absolute Gasteiger partial charge is 0.305 e. The van der Waals surface area contributed by atoms with E-state index in [1.54, 1.807) is 4.90 Å². The van der Waals surface area contributed by atoms with Gasteiger partial charge in [-0.25, -0.2) is 0 Å². The summed E-state index contributed by atoms with van der Waals surface area (Å²) >= 11 is 0. The van der Waals surface area contributed by atoms with Crippen molar-refractivity contribution in [2.45, 2.75) is 25.8 Å². The highest BCUT2D eigenvalue weighted by atomic mass is 16.4. The van der Waals surface area contributed by atoms with Gasteiger partial charge in [0.2, 0.25) is 5.91 Å². The molecule has 1 heterocycles. The number of hydrogen-bond donors (Lipinski definition) is 2. The van der Waals surface area contributed by atoms with Crippen molar-refractivity contribution in [3.8, 4) is 0 Å². The van der Waals surface area contributed by atoms with Crippen LogP contribution in [-0.2, 0) is 9.59 Å². The first-order valence-electron chi connectivity index (χ1n) is 6.91. The van der Waals surface area contributed by atoms with E-state index in [1.807, 2.05) is 37.3 Å². The van der Waals surface area contributed by atoms with Crippen molar-refractivity contribution in [1.82, 2.24) is 5.32 Å². The summed E-state index contributed by atoms with van der Waals surface area (Å²) in [4.78, 5) is 25.0. The van der Waals surface area contributed by atoms with Crippen LogP contribution in [0.1, 0.15) is 19.8 Å². The summed E-state index contributed by atoms with van der Waals surface area (Å²) in [5, 5.41) is 12.1. The average molecular weight is 276 g/mol. The number of rotatable bonds is 5.